The molecule has 3 rings (SSSR count). The maximum atomic E-state index is 11.5. The quantitative estimate of drug-likeness (QED) is 0.903. The SMILES string of the molecule is CC1CN(c2ncc(C(=O)O)c(-c3ccccc3)n2)CC(C)N1. The molecular weight excluding hydrogens is 292 g/mol. The summed E-state index contributed by atoms with van der Waals surface area (Å²) in [7, 11) is 0. The van der Waals surface area contributed by atoms with Crippen LogP contribution in [0.15, 0.2) is 36.5 Å². The van der Waals surface area contributed by atoms with Gasteiger partial charge < -0.3 is 15.3 Å². The Hall–Kier alpha value is -2.47. The molecule has 1 aromatic heterocycles. The van der Waals surface area contributed by atoms with Crippen molar-refractivity contribution in [2.45, 2.75) is 25.9 Å². The van der Waals surface area contributed by atoms with Crippen LogP contribution in [0.1, 0.15) is 24.2 Å². The Morgan fingerprint density at radius 1 is 1.22 bits per heavy atom. The highest BCUT2D eigenvalue weighted by Gasteiger charge is 2.24. The minimum Gasteiger partial charge on any atom is -0.478 e. The lowest BCUT2D eigenvalue weighted by molar-refractivity contribution is 0.0697. The van der Waals surface area contributed by atoms with E-state index in [4.69, 9.17) is 0 Å². The van der Waals surface area contributed by atoms with Crippen molar-refractivity contribution in [3.63, 3.8) is 0 Å². The number of aromatic carboxylic acids is 1. The predicted octanol–water partition coefficient (Wildman–Crippen LogP) is 2.03. The third kappa shape index (κ3) is 3.32. The average Bonchev–Trinajstić information content (AvgIpc) is 2.54. The van der Waals surface area contributed by atoms with E-state index in [0.29, 0.717) is 23.7 Å². The molecule has 1 fully saturated rings. The third-order valence-corrected chi connectivity index (χ3v) is 3.89. The monoisotopic (exact) mass is 312 g/mol. The van der Waals surface area contributed by atoms with Crippen molar-refractivity contribution in [3.8, 4) is 11.3 Å². The minimum atomic E-state index is -1.02. The van der Waals surface area contributed by atoms with E-state index < -0.39 is 5.97 Å². The van der Waals surface area contributed by atoms with E-state index in [-0.39, 0.29) is 5.56 Å². The number of piperazine rings is 1. The predicted molar refractivity (Wildman–Crippen MR) is 88.7 cm³/mol. The molecule has 1 aliphatic rings. The summed E-state index contributed by atoms with van der Waals surface area (Å²) in [6.45, 7) is 5.83. The van der Waals surface area contributed by atoms with Gasteiger partial charge in [-0.05, 0) is 13.8 Å². The van der Waals surface area contributed by atoms with Crippen LogP contribution in [0.2, 0.25) is 0 Å². The van der Waals surface area contributed by atoms with Gasteiger partial charge in [0, 0.05) is 36.9 Å². The zero-order valence-corrected chi connectivity index (χ0v) is 13.2. The number of rotatable bonds is 3. The van der Waals surface area contributed by atoms with E-state index in [9.17, 15) is 9.90 Å². The van der Waals surface area contributed by atoms with E-state index >= 15 is 0 Å². The van der Waals surface area contributed by atoms with Crippen molar-refractivity contribution in [2.75, 3.05) is 18.0 Å². The van der Waals surface area contributed by atoms with Gasteiger partial charge in [0.05, 0.1) is 5.69 Å². The van der Waals surface area contributed by atoms with Gasteiger partial charge in [-0.15, -0.1) is 0 Å². The molecule has 0 saturated carbocycles. The van der Waals surface area contributed by atoms with Gasteiger partial charge in [0.1, 0.15) is 5.56 Å². The molecule has 2 N–H and O–H groups in total. The van der Waals surface area contributed by atoms with Gasteiger partial charge in [-0.3, -0.25) is 0 Å². The minimum absolute atomic E-state index is 0.121. The number of carboxylic acids is 1. The van der Waals surface area contributed by atoms with E-state index in [1.807, 2.05) is 30.3 Å². The largest absolute Gasteiger partial charge is 0.478 e. The first kappa shape index (κ1) is 15.4. The van der Waals surface area contributed by atoms with E-state index in [0.717, 1.165) is 18.7 Å². The molecule has 0 bridgehead atoms. The molecular formula is C17H20N4O2. The summed E-state index contributed by atoms with van der Waals surface area (Å²) in [4.78, 5) is 22.4. The van der Waals surface area contributed by atoms with Crippen molar-refractivity contribution in [1.29, 1.82) is 0 Å². The summed E-state index contributed by atoms with van der Waals surface area (Å²) in [6, 6.07) is 10.0. The van der Waals surface area contributed by atoms with Gasteiger partial charge in [0.25, 0.3) is 0 Å². The van der Waals surface area contributed by atoms with Crippen LogP contribution in [-0.2, 0) is 0 Å². The number of aromatic nitrogens is 2. The Morgan fingerprint density at radius 2 is 1.87 bits per heavy atom. The Kier molecular flexibility index (Phi) is 4.25. The fraction of sp³-hybridized carbons (Fsp3) is 0.353. The van der Waals surface area contributed by atoms with Crippen molar-refractivity contribution >= 4 is 11.9 Å². The van der Waals surface area contributed by atoms with E-state index in [1.54, 1.807) is 0 Å². The summed E-state index contributed by atoms with van der Waals surface area (Å²) < 4.78 is 0. The normalized spacial score (nSPS) is 21.2. The van der Waals surface area contributed by atoms with E-state index in [1.165, 1.54) is 6.20 Å². The molecule has 1 aliphatic heterocycles. The van der Waals surface area contributed by atoms with Gasteiger partial charge in [-0.25, -0.2) is 14.8 Å². The number of hydrogen-bond donors (Lipinski definition) is 2. The molecule has 2 unspecified atom stereocenters. The first-order valence-corrected chi connectivity index (χ1v) is 7.71. The second-order valence-electron chi connectivity index (χ2n) is 5.98. The number of nitrogens with one attached hydrogen (secondary N) is 1. The van der Waals surface area contributed by atoms with Crippen LogP contribution in [0.5, 0.6) is 0 Å². The number of nitrogens with zero attached hydrogens (tertiary/aromatic N) is 3. The molecule has 2 heterocycles. The summed E-state index contributed by atoms with van der Waals surface area (Å²) in [5, 5.41) is 12.9. The van der Waals surface area contributed by atoms with Gasteiger partial charge in [-0.2, -0.15) is 0 Å². The summed E-state index contributed by atoms with van der Waals surface area (Å²) >= 11 is 0. The fourth-order valence-corrected chi connectivity index (χ4v) is 2.99. The van der Waals surface area contributed by atoms with Crippen LogP contribution < -0.4 is 10.2 Å². The average molecular weight is 312 g/mol. The molecule has 2 atom stereocenters. The lowest BCUT2D eigenvalue weighted by Crippen LogP contribution is -2.54. The number of anilines is 1. The summed E-state index contributed by atoms with van der Waals surface area (Å²) in [5.41, 5.74) is 1.36. The molecule has 120 valence electrons. The molecule has 6 heteroatoms. The Morgan fingerprint density at radius 3 is 2.48 bits per heavy atom. The van der Waals surface area contributed by atoms with Gasteiger partial charge in [-0.1, -0.05) is 30.3 Å². The van der Waals surface area contributed by atoms with Crippen LogP contribution in [0.4, 0.5) is 5.95 Å². The number of carbonyl (C=O) groups is 1. The topological polar surface area (TPSA) is 78.4 Å². The lowest BCUT2D eigenvalue weighted by Gasteiger charge is -2.36. The Balaban J connectivity index is 2.02. The van der Waals surface area contributed by atoms with Crippen LogP contribution in [-0.4, -0.2) is 46.2 Å². The molecule has 0 radical (unpaired) electrons. The van der Waals surface area contributed by atoms with Crippen LogP contribution >= 0.6 is 0 Å². The number of hydrogen-bond acceptors (Lipinski definition) is 5. The zero-order valence-electron chi connectivity index (χ0n) is 13.2. The summed E-state index contributed by atoms with van der Waals surface area (Å²) in [6.07, 6.45) is 1.41. The maximum Gasteiger partial charge on any atom is 0.339 e. The van der Waals surface area contributed by atoms with Crippen molar-refractivity contribution < 1.29 is 9.90 Å². The highest BCUT2D eigenvalue weighted by atomic mass is 16.4. The smallest absolute Gasteiger partial charge is 0.339 e. The molecule has 6 nitrogen and oxygen atoms in total. The summed E-state index contributed by atoms with van der Waals surface area (Å²) in [5.74, 6) is -0.438. The maximum absolute atomic E-state index is 11.5. The van der Waals surface area contributed by atoms with Crippen molar-refractivity contribution in [3.05, 3.63) is 42.1 Å². The highest BCUT2D eigenvalue weighted by Crippen LogP contribution is 2.24. The Bertz CT molecular complexity index is 695. The van der Waals surface area contributed by atoms with E-state index in [2.05, 4.69) is 34.0 Å². The van der Waals surface area contributed by atoms with Crippen molar-refractivity contribution in [1.82, 2.24) is 15.3 Å². The van der Waals surface area contributed by atoms with Gasteiger partial charge in [0.2, 0.25) is 5.95 Å². The number of carboxylic acid groups (broad SMARTS) is 1. The Labute approximate surface area is 135 Å². The standard InChI is InChI=1S/C17H20N4O2/c1-11-9-21(10-12(2)19-11)17-18-8-14(16(22)23)15(20-17)13-6-4-3-5-7-13/h3-8,11-12,19H,9-10H2,1-2H3,(H,22,23). The zero-order chi connectivity index (χ0) is 16.4. The van der Waals surface area contributed by atoms with Crippen LogP contribution in [0.3, 0.4) is 0 Å². The molecule has 2 aromatic rings. The third-order valence-electron chi connectivity index (χ3n) is 3.89. The van der Waals surface area contributed by atoms with Gasteiger partial charge >= 0.3 is 5.97 Å². The fourth-order valence-electron chi connectivity index (χ4n) is 2.99. The van der Waals surface area contributed by atoms with Gasteiger partial charge in [0.15, 0.2) is 0 Å². The first-order valence-electron chi connectivity index (χ1n) is 7.71. The first-order chi connectivity index (χ1) is 11.0. The molecule has 23 heavy (non-hydrogen) atoms. The highest BCUT2D eigenvalue weighted by molar-refractivity contribution is 5.94. The molecule has 0 aliphatic carbocycles. The second kappa shape index (κ2) is 6.34. The molecule has 1 aromatic carbocycles. The van der Waals surface area contributed by atoms with Crippen LogP contribution in [0, 0.1) is 0 Å². The second-order valence-corrected chi connectivity index (χ2v) is 5.98. The molecule has 0 spiro atoms. The van der Waals surface area contributed by atoms with Crippen LogP contribution in [0.25, 0.3) is 11.3 Å². The lowest BCUT2D eigenvalue weighted by atomic mass is 10.1. The molecule has 0 amide bonds. The molecule has 1 saturated heterocycles. The number of benzene rings is 1. The van der Waals surface area contributed by atoms with Crippen molar-refractivity contribution in [2.24, 2.45) is 0 Å².